The maximum atomic E-state index is 13.8. The van der Waals surface area contributed by atoms with E-state index in [2.05, 4.69) is 0 Å². The minimum atomic E-state index is -1.42. The third-order valence-corrected chi connectivity index (χ3v) is 4.13. The van der Waals surface area contributed by atoms with Crippen molar-refractivity contribution in [2.75, 3.05) is 6.54 Å². The molecule has 1 heterocycles. The molecule has 7 heteroatoms. The lowest BCUT2D eigenvalue weighted by atomic mass is 9.87. The molecule has 0 spiro atoms. The van der Waals surface area contributed by atoms with Crippen LogP contribution in [0.1, 0.15) is 36.5 Å². The zero-order valence-electron chi connectivity index (χ0n) is 11.3. The van der Waals surface area contributed by atoms with Gasteiger partial charge in [-0.1, -0.05) is 11.6 Å². The first-order valence-electron chi connectivity index (χ1n) is 6.47. The van der Waals surface area contributed by atoms with Gasteiger partial charge in [0.05, 0.1) is 10.6 Å². The Morgan fingerprint density at radius 2 is 1.95 bits per heavy atom. The second-order valence-corrected chi connectivity index (χ2v) is 5.65. The molecule has 1 unspecified atom stereocenters. The number of carbonyl (C=O) groups is 2. The van der Waals surface area contributed by atoms with Gasteiger partial charge in [0.15, 0.2) is 0 Å². The average Bonchev–Trinajstić information content (AvgIpc) is 2.42. The first-order valence-corrected chi connectivity index (χ1v) is 6.85. The van der Waals surface area contributed by atoms with Crippen molar-refractivity contribution in [3.05, 3.63) is 34.4 Å². The Hall–Kier alpha value is -1.69. The molecule has 1 aliphatic rings. The number of hydrogen-bond donors (Lipinski definition) is 1. The Labute approximate surface area is 125 Å². The van der Waals surface area contributed by atoms with E-state index >= 15 is 0 Å². The summed E-state index contributed by atoms with van der Waals surface area (Å²) in [5, 5.41) is 8.92. The summed E-state index contributed by atoms with van der Waals surface area (Å²) in [5.41, 5.74) is -1.93. The molecule has 4 nitrogen and oxygen atoms in total. The van der Waals surface area contributed by atoms with E-state index in [0.717, 1.165) is 4.90 Å². The van der Waals surface area contributed by atoms with Crippen molar-refractivity contribution in [3.63, 3.8) is 0 Å². The summed E-state index contributed by atoms with van der Waals surface area (Å²) in [5.74, 6) is -3.89. The summed E-state index contributed by atoms with van der Waals surface area (Å²) < 4.78 is 27.3. The predicted molar refractivity (Wildman–Crippen MR) is 72.3 cm³/mol. The highest BCUT2D eigenvalue weighted by Gasteiger charge is 2.44. The van der Waals surface area contributed by atoms with E-state index in [1.54, 1.807) is 0 Å². The number of benzene rings is 1. The van der Waals surface area contributed by atoms with Gasteiger partial charge in [0.1, 0.15) is 17.2 Å². The van der Waals surface area contributed by atoms with Crippen LogP contribution in [0, 0.1) is 11.6 Å². The lowest BCUT2D eigenvalue weighted by molar-refractivity contribution is -0.150. The quantitative estimate of drug-likeness (QED) is 0.853. The minimum Gasteiger partial charge on any atom is -0.480 e. The number of carboxylic acid groups (broad SMARTS) is 1. The molecular formula is C14H14ClF2NO3. The zero-order chi connectivity index (χ0) is 15.8. The molecule has 0 aliphatic carbocycles. The molecule has 1 N–H and O–H groups in total. The molecule has 1 saturated heterocycles. The molecule has 1 fully saturated rings. The topological polar surface area (TPSA) is 57.6 Å². The Balaban J connectivity index is 2.43. The second kappa shape index (κ2) is 5.60. The Bertz CT molecular complexity index is 608. The van der Waals surface area contributed by atoms with E-state index in [0.29, 0.717) is 25.0 Å². The van der Waals surface area contributed by atoms with Gasteiger partial charge in [0.2, 0.25) is 0 Å². The number of nitrogens with zero attached hydrogens (tertiary/aromatic N) is 1. The summed E-state index contributed by atoms with van der Waals surface area (Å²) in [7, 11) is 0. The van der Waals surface area contributed by atoms with Crippen LogP contribution < -0.4 is 0 Å². The van der Waals surface area contributed by atoms with Crippen LogP contribution in [-0.2, 0) is 4.79 Å². The molecule has 0 radical (unpaired) electrons. The Kier molecular flexibility index (Phi) is 4.18. The number of aliphatic carboxylic acids is 1. The van der Waals surface area contributed by atoms with Gasteiger partial charge in [-0.15, -0.1) is 0 Å². The summed E-state index contributed by atoms with van der Waals surface area (Å²) in [6.45, 7) is 1.60. The molecule has 0 bridgehead atoms. The molecule has 1 atom stereocenters. The monoisotopic (exact) mass is 317 g/mol. The highest BCUT2D eigenvalue weighted by molar-refractivity contribution is 6.30. The van der Waals surface area contributed by atoms with Crippen LogP contribution in [-0.4, -0.2) is 34.0 Å². The van der Waals surface area contributed by atoms with Gasteiger partial charge in [-0.3, -0.25) is 4.79 Å². The maximum absolute atomic E-state index is 13.8. The van der Waals surface area contributed by atoms with Crippen LogP contribution in [0.5, 0.6) is 0 Å². The summed E-state index contributed by atoms with van der Waals surface area (Å²) in [6, 6.07) is 1.42. The van der Waals surface area contributed by atoms with Gasteiger partial charge in [-0.25, -0.2) is 13.6 Å². The van der Waals surface area contributed by atoms with Gasteiger partial charge in [0.25, 0.3) is 5.91 Å². The molecule has 1 aliphatic heterocycles. The second-order valence-electron chi connectivity index (χ2n) is 5.24. The van der Waals surface area contributed by atoms with E-state index in [1.165, 1.54) is 6.92 Å². The van der Waals surface area contributed by atoms with Crippen LogP contribution >= 0.6 is 11.6 Å². The fraction of sp³-hybridized carbons (Fsp3) is 0.429. The number of carboxylic acids is 1. The minimum absolute atomic E-state index is 0.186. The average molecular weight is 318 g/mol. The third kappa shape index (κ3) is 2.72. The third-order valence-electron chi connectivity index (χ3n) is 3.84. The predicted octanol–water partition coefficient (Wildman–Crippen LogP) is 3.09. The highest BCUT2D eigenvalue weighted by atomic mass is 35.5. The van der Waals surface area contributed by atoms with Crippen molar-refractivity contribution in [2.45, 2.75) is 31.7 Å². The highest BCUT2D eigenvalue weighted by Crippen LogP contribution is 2.31. The van der Waals surface area contributed by atoms with E-state index in [-0.39, 0.29) is 13.0 Å². The van der Waals surface area contributed by atoms with Crippen LogP contribution in [0.3, 0.4) is 0 Å². The molecule has 1 aromatic rings. The maximum Gasteiger partial charge on any atom is 0.329 e. The van der Waals surface area contributed by atoms with Crippen LogP contribution in [0.2, 0.25) is 5.02 Å². The van der Waals surface area contributed by atoms with Crippen LogP contribution in [0.15, 0.2) is 12.1 Å². The van der Waals surface area contributed by atoms with Gasteiger partial charge in [-0.05, 0) is 38.3 Å². The van der Waals surface area contributed by atoms with E-state index in [1.807, 2.05) is 0 Å². The van der Waals surface area contributed by atoms with Crippen LogP contribution in [0.4, 0.5) is 8.78 Å². The normalized spacial score (nSPS) is 22.2. The largest absolute Gasteiger partial charge is 0.480 e. The number of rotatable bonds is 2. The molecule has 1 aromatic carbocycles. The smallest absolute Gasteiger partial charge is 0.329 e. The van der Waals surface area contributed by atoms with Gasteiger partial charge in [0, 0.05) is 6.54 Å². The number of hydrogen-bond acceptors (Lipinski definition) is 2. The van der Waals surface area contributed by atoms with Gasteiger partial charge < -0.3 is 10.0 Å². The van der Waals surface area contributed by atoms with Crippen molar-refractivity contribution in [2.24, 2.45) is 0 Å². The molecular weight excluding hydrogens is 304 g/mol. The van der Waals surface area contributed by atoms with E-state index in [4.69, 9.17) is 11.6 Å². The lowest BCUT2D eigenvalue weighted by Gasteiger charge is -2.41. The number of likely N-dealkylation sites (tertiary alicyclic amines) is 1. The Morgan fingerprint density at radius 1 is 1.29 bits per heavy atom. The SMILES string of the molecule is CC1(C(=O)O)CCCCN1C(=O)c1cc(F)c(Cl)cc1F. The number of piperidine rings is 1. The first-order chi connectivity index (χ1) is 9.77. The number of amides is 1. The molecule has 21 heavy (non-hydrogen) atoms. The zero-order valence-corrected chi connectivity index (χ0v) is 12.1. The van der Waals surface area contributed by atoms with Crippen molar-refractivity contribution >= 4 is 23.5 Å². The van der Waals surface area contributed by atoms with Crippen molar-refractivity contribution in [1.29, 1.82) is 0 Å². The van der Waals surface area contributed by atoms with Crippen molar-refractivity contribution < 1.29 is 23.5 Å². The lowest BCUT2D eigenvalue weighted by Crippen LogP contribution is -2.57. The van der Waals surface area contributed by atoms with Crippen molar-refractivity contribution in [1.82, 2.24) is 4.90 Å². The summed E-state index contributed by atoms with van der Waals surface area (Å²) >= 11 is 5.45. The van der Waals surface area contributed by atoms with Crippen molar-refractivity contribution in [3.8, 4) is 0 Å². The standard InChI is InChI=1S/C14H14ClF2NO3/c1-14(13(20)21)4-2-3-5-18(14)12(19)8-6-11(17)9(15)7-10(8)16/h6-7H,2-5H2,1H3,(H,20,21). The number of halogens is 3. The van der Waals surface area contributed by atoms with E-state index < -0.39 is 39.6 Å². The molecule has 2 rings (SSSR count). The molecule has 0 aromatic heterocycles. The van der Waals surface area contributed by atoms with Gasteiger partial charge in [-0.2, -0.15) is 0 Å². The molecule has 1 amide bonds. The number of carbonyl (C=O) groups excluding carboxylic acids is 1. The van der Waals surface area contributed by atoms with Gasteiger partial charge >= 0.3 is 5.97 Å². The molecule has 0 saturated carbocycles. The fourth-order valence-electron chi connectivity index (χ4n) is 2.50. The van der Waals surface area contributed by atoms with Crippen LogP contribution in [0.25, 0.3) is 0 Å². The summed E-state index contributed by atoms with van der Waals surface area (Å²) in [6.07, 6.45) is 1.54. The first kappa shape index (κ1) is 15.7. The fourth-order valence-corrected chi connectivity index (χ4v) is 2.65. The summed E-state index contributed by atoms with van der Waals surface area (Å²) in [4.78, 5) is 25.0. The molecule has 114 valence electrons. The Morgan fingerprint density at radius 3 is 2.57 bits per heavy atom. The van der Waals surface area contributed by atoms with E-state index in [9.17, 15) is 23.5 Å².